The summed E-state index contributed by atoms with van der Waals surface area (Å²) in [6, 6.07) is 7.91. The van der Waals surface area contributed by atoms with Gasteiger partial charge < -0.3 is 16.0 Å². The Morgan fingerprint density at radius 3 is 2.70 bits per heavy atom. The molecule has 2 rings (SSSR count). The van der Waals surface area contributed by atoms with Crippen LogP contribution in [0.3, 0.4) is 0 Å². The fourth-order valence-corrected chi connectivity index (χ4v) is 2.19. The van der Waals surface area contributed by atoms with E-state index < -0.39 is 0 Å². The lowest BCUT2D eigenvalue weighted by Crippen LogP contribution is -2.48. The number of hydrogen-bond acceptors (Lipinski definition) is 3. The molecular weight excluding hydrogens is 278 g/mol. The summed E-state index contributed by atoms with van der Waals surface area (Å²) in [6.07, 6.45) is 1.01. The maximum Gasteiger partial charge on any atom is 0.237 e. The number of nitrogens with one attached hydrogen (secondary N) is 3. The van der Waals surface area contributed by atoms with Crippen molar-refractivity contribution in [1.29, 1.82) is 0 Å². The third-order valence-corrected chi connectivity index (χ3v) is 3.33. The molecule has 5 nitrogen and oxygen atoms in total. The zero-order chi connectivity index (χ0) is 13.7. The van der Waals surface area contributed by atoms with Crippen LogP contribution in [-0.4, -0.2) is 31.4 Å². The monoisotopic (exact) mass is 297 g/mol. The second-order valence-corrected chi connectivity index (χ2v) is 4.62. The van der Waals surface area contributed by atoms with Gasteiger partial charge in [0, 0.05) is 26.6 Å². The Hall–Kier alpha value is -1.59. The molecule has 0 saturated heterocycles. The number of fused-ring (bicyclic) bond motifs is 1. The number of amides is 2. The molecule has 0 fully saturated rings. The number of hydrogen-bond donors (Lipinski definition) is 3. The molecule has 0 aromatic heterocycles. The molecule has 1 unspecified atom stereocenters. The lowest BCUT2D eigenvalue weighted by Gasteiger charge is -2.25. The first kappa shape index (κ1) is 16.5. The van der Waals surface area contributed by atoms with Gasteiger partial charge in [-0.3, -0.25) is 9.59 Å². The molecule has 110 valence electrons. The Kier molecular flexibility index (Phi) is 6.48. The molecule has 1 heterocycles. The molecule has 0 saturated carbocycles. The average Bonchev–Trinajstić information content (AvgIpc) is 2.46. The Labute approximate surface area is 124 Å². The van der Waals surface area contributed by atoms with Gasteiger partial charge in [0.05, 0.1) is 6.04 Å². The van der Waals surface area contributed by atoms with Crippen molar-refractivity contribution in [1.82, 2.24) is 16.0 Å². The minimum Gasteiger partial charge on any atom is -0.359 e. The molecule has 1 aromatic carbocycles. The van der Waals surface area contributed by atoms with Crippen LogP contribution < -0.4 is 16.0 Å². The maximum absolute atomic E-state index is 12.0. The third kappa shape index (κ3) is 4.21. The minimum absolute atomic E-state index is 0. The van der Waals surface area contributed by atoms with Crippen molar-refractivity contribution >= 4 is 24.2 Å². The molecule has 0 aliphatic carbocycles. The lowest BCUT2D eigenvalue weighted by molar-refractivity contribution is -0.123. The molecule has 0 bridgehead atoms. The number of carbonyl (C=O) groups is 2. The minimum atomic E-state index is -0.209. The second-order valence-electron chi connectivity index (χ2n) is 4.62. The van der Waals surface area contributed by atoms with E-state index in [2.05, 4.69) is 28.1 Å². The molecule has 20 heavy (non-hydrogen) atoms. The highest BCUT2D eigenvalue weighted by Gasteiger charge is 2.23. The van der Waals surface area contributed by atoms with Crippen LogP contribution in [0.2, 0.25) is 0 Å². The molecule has 6 heteroatoms. The van der Waals surface area contributed by atoms with E-state index in [1.807, 2.05) is 12.1 Å². The van der Waals surface area contributed by atoms with Gasteiger partial charge in [-0.15, -0.1) is 12.4 Å². The first-order valence-corrected chi connectivity index (χ1v) is 6.49. The summed E-state index contributed by atoms with van der Waals surface area (Å²) in [5, 5.41) is 8.53. The molecule has 0 radical (unpaired) electrons. The number of halogens is 1. The van der Waals surface area contributed by atoms with Crippen LogP contribution in [0.1, 0.15) is 17.5 Å². The Morgan fingerprint density at radius 2 is 2.00 bits per heavy atom. The zero-order valence-corrected chi connectivity index (χ0v) is 12.3. The van der Waals surface area contributed by atoms with Crippen molar-refractivity contribution in [3.05, 3.63) is 35.4 Å². The SMILES string of the molecule is CNC(=O)CCNC(=O)C1Cc2ccccc2CN1.Cl. The van der Waals surface area contributed by atoms with Crippen LogP contribution in [0, 0.1) is 0 Å². The van der Waals surface area contributed by atoms with Crippen molar-refractivity contribution in [3.63, 3.8) is 0 Å². The van der Waals surface area contributed by atoms with Gasteiger partial charge in [0.15, 0.2) is 0 Å². The predicted octanol–water partition coefficient (Wildman–Crippen LogP) is 0.375. The van der Waals surface area contributed by atoms with Crippen LogP contribution >= 0.6 is 12.4 Å². The molecule has 1 atom stereocenters. The first-order chi connectivity index (χ1) is 9.20. The van der Waals surface area contributed by atoms with Gasteiger partial charge in [-0.2, -0.15) is 0 Å². The zero-order valence-electron chi connectivity index (χ0n) is 11.4. The normalized spacial score (nSPS) is 16.6. The molecule has 2 amide bonds. The third-order valence-electron chi connectivity index (χ3n) is 3.33. The highest BCUT2D eigenvalue weighted by molar-refractivity contribution is 5.85. The van der Waals surface area contributed by atoms with Crippen LogP contribution in [-0.2, 0) is 22.6 Å². The van der Waals surface area contributed by atoms with Gasteiger partial charge in [-0.25, -0.2) is 0 Å². The van der Waals surface area contributed by atoms with E-state index in [0.29, 0.717) is 25.9 Å². The van der Waals surface area contributed by atoms with Gasteiger partial charge in [-0.1, -0.05) is 24.3 Å². The number of rotatable bonds is 4. The quantitative estimate of drug-likeness (QED) is 0.752. The van der Waals surface area contributed by atoms with Gasteiger partial charge >= 0.3 is 0 Å². The van der Waals surface area contributed by atoms with Crippen LogP contribution in [0.4, 0.5) is 0 Å². The fraction of sp³-hybridized carbons (Fsp3) is 0.429. The summed E-state index contributed by atoms with van der Waals surface area (Å²) in [5.74, 6) is -0.111. The van der Waals surface area contributed by atoms with E-state index in [1.165, 1.54) is 11.1 Å². The van der Waals surface area contributed by atoms with Crippen LogP contribution in [0.15, 0.2) is 24.3 Å². The average molecular weight is 298 g/mol. The Morgan fingerprint density at radius 1 is 1.30 bits per heavy atom. The summed E-state index contributed by atoms with van der Waals surface area (Å²) in [7, 11) is 1.59. The van der Waals surface area contributed by atoms with Crippen molar-refractivity contribution < 1.29 is 9.59 Å². The Bertz CT molecular complexity index is 479. The molecule has 3 N–H and O–H groups in total. The second kappa shape index (κ2) is 7.87. The van der Waals surface area contributed by atoms with Gasteiger partial charge in [0.25, 0.3) is 0 Å². The largest absolute Gasteiger partial charge is 0.359 e. The number of carbonyl (C=O) groups excluding carboxylic acids is 2. The predicted molar refractivity (Wildman–Crippen MR) is 79.7 cm³/mol. The van der Waals surface area contributed by atoms with Crippen molar-refractivity contribution in [2.75, 3.05) is 13.6 Å². The smallest absolute Gasteiger partial charge is 0.237 e. The lowest BCUT2D eigenvalue weighted by atomic mass is 9.95. The molecular formula is C14H20ClN3O2. The summed E-state index contributed by atoms with van der Waals surface area (Å²) in [4.78, 5) is 23.0. The fourth-order valence-electron chi connectivity index (χ4n) is 2.19. The molecule has 1 aliphatic rings. The van der Waals surface area contributed by atoms with E-state index in [4.69, 9.17) is 0 Å². The van der Waals surface area contributed by atoms with Crippen LogP contribution in [0.25, 0.3) is 0 Å². The molecule has 1 aromatic rings. The van der Waals surface area contributed by atoms with E-state index in [9.17, 15) is 9.59 Å². The van der Waals surface area contributed by atoms with Gasteiger partial charge in [-0.05, 0) is 17.5 Å². The van der Waals surface area contributed by atoms with Crippen molar-refractivity contribution in [2.24, 2.45) is 0 Å². The van der Waals surface area contributed by atoms with Gasteiger partial charge in [0.2, 0.25) is 11.8 Å². The summed E-state index contributed by atoms with van der Waals surface area (Å²) in [5.41, 5.74) is 2.46. The van der Waals surface area contributed by atoms with Gasteiger partial charge in [0.1, 0.15) is 0 Å². The maximum atomic E-state index is 12.0. The first-order valence-electron chi connectivity index (χ1n) is 6.49. The highest BCUT2D eigenvalue weighted by atomic mass is 35.5. The van der Waals surface area contributed by atoms with E-state index in [1.54, 1.807) is 7.05 Å². The van der Waals surface area contributed by atoms with E-state index in [0.717, 1.165) is 0 Å². The standard InChI is InChI=1S/C14H19N3O2.ClH/c1-15-13(18)6-7-16-14(19)12-8-10-4-2-3-5-11(10)9-17-12;/h2-5,12,17H,6-9H2,1H3,(H,15,18)(H,16,19);1H. The Balaban J connectivity index is 0.00000200. The van der Waals surface area contributed by atoms with E-state index >= 15 is 0 Å². The van der Waals surface area contributed by atoms with Crippen molar-refractivity contribution in [2.45, 2.75) is 25.4 Å². The topological polar surface area (TPSA) is 70.2 Å². The van der Waals surface area contributed by atoms with Crippen molar-refractivity contribution in [3.8, 4) is 0 Å². The van der Waals surface area contributed by atoms with E-state index in [-0.39, 0.29) is 30.3 Å². The molecule has 0 spiro atoms. The highest BCUT2D eigenvalue weighted by Crippen LogP contribution is 2.16. The number of benzene rings is 1. The summed E-state index contributed by atoms with van der Waals surface area (Å²) < 4.78 is 0. The summed E-state index contributed by atoms with van der Waals surface area (Å²) in [6.45, 7) is 1.09. The summed E-state index contributed by atoms with van der Waals surface area (Å²) >= 11 is 0. The van der Waals surface area contributed by atoms with Crippen LogP contribution in [0.5, 0.6) is 0 Å². The molecule has 1 aliphatic heterocycles.